The van der Waals surface area contributed by atoms with Gasteiger partial charge < -0.3 is 10.2 Å². The van der Waals surface area contributed by atoms with Crippen molar-refractivity contribution in [2.24, 2.45) is 11.8 Å². The van der Waals surface area contributed by atoms with Gasteiger partial charge in [-0.2, -0.15) is 0 Å². The van der Waals surface area contributed by atoms with Gasteiger partial charge in [-0.05, 0) is 50.9 Å². The highest BCUT2D eigenvalue weighted by molar-refractivity contribution is 5.10. The Bertz CT molecular complexity index is 384. The summed E-state index contributed by atoms with van der Waals surface area (Å²) in [6, 6.07) is 0. The summed E-state index contributed by atoms with van der Waals surface area (Å²) in [5, 5.41) is 19.3. The van der Waals surface area contributed by atoms with E-state index in [4.69, 9.17) is 5.11 Å². The van der Waals surface area contributed by atoms with Crippen molar-refractivity contribution in [3.63, 3.8) is 0 Å². The maximum Gasteiger partial charge on any atom is 0.0654 e. The molecule has 0 saturated heterocycles. The van der Waals surface area contributed by atoms with E-state index in [0.29, 0.717) is 12.5 Å². The first-order valence-corrected chi connectivity index (χ1v) is 11.3. The lowest BCUT2D eigenvalue weighted by atomic mass is 9.88. The number of hydrogen-bond donors (Lipinski definition) is 2. The first kappa shape index (κ1) is 23.4. The summed E-state index contributed by atoms with van der Waals surface area (Å²) < 4.78 is 0. The Morgan fingerprint density at radius 2 is 1.69 bits per heavy atom. The molecule has 2 nitrogen and oxygen atoms in total. The Labute approximate surface area is 162 Å². The van der Waals surface area contributed by atoms with Crippen LogP contribution >= 0.6 is 0 Å². The molecule has 0 fully saturated rings. The highest BCUT2D eigenvalue weighted by Gasteiger charge is 2.21. The zero-order valence-electron chi connectivity index (χ0n) is 17.5. The lowest BCUT2D eigenvalue weighted by Crippen LogP contribution is -2.22. The Morgan fingerprint density at radius 1 is 1.00 bits per heavy atom. The smallest absolute Gasteiger partial charge is 0.0654 e. The molecule has 26 heavy (non-hydrogen) atoms. The lowest BCUT2D eigenvalue weighted by molar-refractivity contribution is 0.0511. The predicted molar refractivity (Wildman–Crippen MR) is 113 cm³/mol. The minimum atomic E-state index is -0.545. The zero-order valence-corrected chi connectivity index (χ0v) is 17.5. The fourth-order valence-corrected chi connectivity index (χ4v) is 4.00. The molecule has 1 rings (SSSR count). The Balaban J connectivity index is 2.19. The number of aliphatic hydroxyl groups is 2. The molecule has 1 unspecified atom stereocenters. The molecule has 0 amide bonds. The molecule has 0 aromatic heterocycles. The third-order valence-electron chi connectivity index (χ3n) is 5.81. The number of unbranched alkanes of at least 4 members (excludes halogenated alkanes) is 8. The van der Waals surface area contributed by atoms with E-state index in [-0.39, 0.29) is 0 Å². The van der Waals surface area contributed by atoms with Crippen LogP contribution in [-0.2, 0) is 0 Å². The summed E-state index contributed by atoms with van der Waals surface area (Å²) in [5.41, 5.74) is -0.545. The molecule has 0 aromatic rings. The third-order valence-corrected chi connectivity index (χ3v) is 5.81. The first-order chi connectivity index (χ1) is 12.6. The van der Waals surface area contributed by atoms with Crippen LogP contribution in [0.15, 0.2) is 24.3 Å². The quantitative estimate of drug-likeness (QED) is 0.240. The van der Waals surface area contributed by atoms with E-state index >= 15 is 0 Å². The molecule has 0 bridgehead atoms. The van der Waals surface area contributed by atoms with Crippen molar-refractivity contribution >= 4 is 0 Å². The summed E-state index contributed by atoms with van der Waals surface area (Å²) in [5.74, 6) is 1.33. The van der Waals surface area contributed by atoms with Crippen LogP contribution in [-0.4, -0.2) is 22.4 Å². The second-order valence-corrected chi connectivity index (χ2v) is 8.57. The monoisotopic (exact) mass is 364 g/mol. The Morgan fingerprint density at radius 3 is 2.42 bits per heavy atom. The highest BCUT2D eigenvalue weighted by Crippen LogP contribution is 2.31. The molecule has 152 valence electrons. The van der Waals surface area contributed by atoms with Crippen molar-refractivity contribution < 1.29 is 10.2 Å². The summed E-state index contributed by atoms with van der Waals surface area (Å²) >= 11 is 0. The molecule has 1 aliphatic rings. The van der Waals surface area contributed by atoms with Gasteiger partial charge in [-0.1, -0.05) is 89.0 Å². The highest BCUT2D eigenvalue weighted by atomic mass is 16.3. The predicted octanol–water partition coefficient (Wildman–Crippen LogP) is 6.57. The molecule has 0 spiro atoms. The zero-order chi connectivity index (χ0) is 19.1. The van der Waals surface area contributed by atoms with Crippen molar-refractivity contribution in [2.45, 2.75) is 109 Å². The second-order valence-electron chi connectivity index (χ2n) is 8.57. The second kappa shape index (κ2) is 14.5. The van der Waals surface area contributed by atoms with E-state index in [1.54, 1.807) is 0 Å². The summed E-state index contributed by atoms with van der Waals surface area (Å²) in [4.78, 5) is 0. The van der Waals surface area contributed by atoms with Crippen LogP contribution in [0.2, 0.25) is 0 Å². The molecule has 2 N–H and O–H groups in total. The van der Waals surface area contributed by atoms with E-state index in [0.717, 1.165) is 31.6 Å². The van der Waals surface area contributed by atoms with Crippen molar-refractivity contribution in [1.82, 2.24) is 0 Å². The van der Waals surface area contributed by atoms with Crippen molar-refractivity contribution in [2.75, 3.05) is 6.61 Å². The Hall–Kier alpha value is -0.600. The van der Waals surface area contributed by atoms with Crippen LogP contribution in [0.1, 0.15) is 104 Å². The number of rotatable bonds is 16. The molecule has 0 saturated carbocycles. The van der Waals surface area contributed by atoms with Gasteiger partial charge in [-0.15, -0.1) is 0 Å². The SMILES string of the molecule is CCCCCCC(C)(O)C/C=C/[C@H]1C=CC[C@@H]1CCCCCCCCO. The minimum Gasteiger partial charge on any atom is -0.396 e. The average molecular weight is 365 g/mol. The standard InChI is InChI=1S/C24H44O2/c1-3-4-5-11-19-24(2,26)20-14-18-23-17-13-16-22(23)15-10-8-6-7-9-12-21-25/h13-14,17-18,22-23,25-26H,3-12,15-16,19-21H2,1-2H3/b18-14+/t22-,23+,24?/m0/s1. The van der Waals surface area contributed by atoms with E-state index in [9.17, 15) is 5.11 Å². The van der Waals surface area contributed by atoms with Crippen LogP contribution in [0.5, 0.6) is 0 Å². The van der Waals surface area contributed by atoms with Gasteiger partial charge in [0.25, 0.3) is 0 Å². The fourth-order valence-electron chi connectivity index (χ4n) is 4.00. The molecule has 2 heteroatoms. The molecule has 1 aliphatic carbocycles. The van der Waals surface area contributed by atoms with Crippen LogP contribution < -0.4 is 0 Å². The number of aliphatic hydroxyl groups excluding tert-OH is 1. The largest absolute Gasteiger partial charge is 0.396 e. The van der Waals surface area contributed by atoms with Gasteiger partial charge in [0, 0.05) is 6.61 Å². The fraction of sp³-hybridized carbons (Fsp3) is 0.833. The van der Waals surface area contributed by atoms with E-state index in [2.05, 4.69) is 31.2 Å². The first-order valence-electron chi connectivity index (χ1n) is 11.3. The summed E-state index contributed by atoms with van der Waals surface area (Å²) in [6.07, 6.45) is 25.7. The van der Waals surface area contributed by atoms with Gasteiger partial charge in [0.05, 0.1) is 5.60 Å². The molecule has 0 heterocycles. The van der Waals surface area contributed by atoms with Crippen LogP contribution in [0, 0.1) is 11.8 Å². The maximum atomic E-state index is 10.5. The van der Waals surface area contributed by atoms with Crippen LogP contribution in [0.3, 0.4) is 0 Å². The van der Waals surface area contributed by atoms with Crippen LogP contribution in [0.4, 0.5) is 0 Å². The van der Waals surface area contributed by atoms with Gasteiger partial charge in [-0.3, -0.25) is 0 Å². The molecule has 0 radical (unpaired) electrons. The summed E-state index contributed by atoms with van der Waals surface area (Å²) in [7, 11) is 0. The molecule has 0 aliphatic heterocycles. The van der Waals surface area contributed by atoms with Crippen molar-refractivity contribution in [1.29, 1.82) is 0 Å². The van der Waals surface area contributed by atoms with Gasteiger partial charge >= 0.3 is 0 Å². The topological polar surface area (TPSA) is 40.5 Å². The molecule has 3 atom stereocenters. The van der Waals surface area contributed by atoms with Gasteiger partial charge in [0.1, 0.15) is 0 Å². The van der Waals surface area contributed by atoms with Crippen molar-refractivity contribution in [3.05, 3.63) is 24.3 Å². The van der Waals surface area contributed by atoms with E-state index in [1.807, 2.05) is 6.92 Å². The molecular weight excluding hydrogens is 320 g/mol. The minimum absolute atomic E-state index is 0.341. The number of hydrogen-bond acceptors (Lipinski definition) is 2. The van der Waals surface area contributed by atoms with E-state index in [1.165, 1.54) is 64.2 Å². The van der Waals surface area contributed by atoms with E-state index < -0.39 is 5.60 Å². The average Bonchev–Trinajstić information content (AvgIpc) is 3.05. The lowest BCUT2D eigenvalue weighted by Gasteiger charge is -2.22. The van der Waals surface area contributed by atoms with Gasteiger partial charge in [0.15, 0.2) is 0 Å². The maximum absolute atomic E-state index is 10.5. The van der Waals surface area contributed by atoms with Gasteiger partial charge in [0.2, 0.25) is 0 Å². The number of allylic oxidation sites excluding steroid dienone is 3. The Kier molecular flexibility index (Phi) is 13.0. The molecule has 0 aromatic carbocycles. The van der Waals surface area contributed by atoms with Crippen molar-refractivity contribution in [3.8, 4) is 0 Å². The third kappa shape index (κ3) is 11.2. The molecular formula is C24H44O2. The van der Waals surface area contributed by atoms with Gasteiger partial charge in [-0.25, -0.2) is 0 Å². The normalized spacial score (nSPS) is 22.3. The van der Waals surface area contributed by atoms with Crippen LogP contribution in [0.25, 0.3) is 0 Å². The summed E-state index contributed by atoms with van der Waals surface area (Å²) in [6.45, 7) is 4.55.